The van der Waals surface area contributed by atoms with Crippen molar-refractivity contribution in [2.24, 2.45) is 0 Å². The molecule has 0 spiro atoms. The highest BCUT2D eigenvalue weighted by Crippen LogP contribution is 2.26. The van der Waals surface area contributed by atoms with E-state index in [1.54, 1.807) is 7.11 Å². The van der Waals surface area contributed by atoms with Crippen molar-refractivity contribution in [2.75, 3.05) is 18.2 Å². The van der Waals surface area contributed by atoms with Gasteiger partial charge in [-0.15, -0.1) is 0 Å². The minimum Gasteiger partial charge on any atom is -0.497 e. The van der Waals surface area contributed by atoms with Crippen molar-refractivity contribution >= 4 is 11.4 Å². The molecule has 16 heavy (non-hydrogen) atoms. The highest BCUT2D eigenvalue weighted by atomic mass is 16.5. The summed E-state index contributed by atoms with van der Waals surface area (Å²) >= 11 is 0. The molecule has 0 atom stereocenters. The molecule has 0 aliphatic rings. The molecule has 0 amide bonds. The summed E-state index contributed by atoms with van der Waals surface area (Å²) in [7, 11) is 1.65. The first-order valence-electron chi connectivity index (χ1n) is 5.69. The molecule has 0 saturated carbocycles. The lowest BCUT2D eigenvalue weighted by Gasteiger charge is -2.27. The molecule has 0 radical (unpaired) electrons. The molecule has 3 heteroatoms. The summed E-state index contributed by atoms with van der Waals surface area (Å²) in [6, 6.07) is 5.71. The van der Waals surface area contributed by atoms with Crippen LogP contribution in [-0.4, -0.2) is 12.6 Å². The summed E-state index contributed by atoms with van der Waals surface area (Å²) in [6.07, 6.45) is 2.27. The molecule has 0 fully saturated rings. The monoisotopic (exact) mass is 222 g/mol. The summed E-state index contributed by atoms with van der Waals surface area (Å²) in [6.45, 7) is 6.56. The summed E-state index contributed by atoms with van der Waals surface area (Å²) < 4.78 is 5.19. The van der Waals surface area contributed by atoms with E-state index in [9.17, 15) is 0 Å². The molecule has 1 aromatic rings. The third-order valence-corrected chi connectivity index (χ3v) is 2.52. The van der Waals surface area contributed by atoms with E-state index in [0.717, 1.165) is 24.3 Å². The standard InChI is InChI=1S/C13H22N2O/c1-5-6-13(2,3)15-11-7-10(14)8-12(9-11)16-4/h7-9,15H,5-6,14H2,1-4H3. The molecule has 3 nitrogen and oxygen atoms in total. The maximum Gasteiger partial charge on any atom is 0.122 e. The quantitative estimate of drug-likeness (QED) is 0.752. The molecule has 3 N–H and O–H groups in total. The van der Waals surface area contributed by atoms with E-state index in [-0.39, 0.29) is 5.54 Å². The number of nitrogen functional groups attached to an aromatic ring is 1. The zero-order valence-corrected chi connectivity index (χ0v) is 10.6. The Bertz CT molecular complexity index is 348. The zero-order valence-electron chi connectivity index (χ0n) is 10.6. The van der Waals surface area contributed by atoms with E-state index in [1.165, 1.54) is 0 Å². The van der Waals surface area contributed by atoms with Gasteiger partial charge in [0.15, 0.2) is 0 Å². The largest absolute Gasteiger partial charge is 0.497 e. The topological polar surface area (TPSA) is 47.3 Å². The van der Waals surface area contributed by atoms with Gasteiger partial charge >= 0.3 is 0 Å². The Morgan fingerprint density at radius 3 is 2.56 bits per heavy atom. The first-order valence-corrected chi connectivity index (χ1v) is 5.69. The van der Waals surface area contributed by atoms with E-state index >= 15 is 0 Å². The van der Waals surface area contributed by atoms with Gasteiger partial charge < -0.3 is 15.8 Å². The average Bonchev–Trinajstić information content (AvgIpc) is 2.15. The number of hydrogen-bond acceptors (Lipinski definition) is 3. The molecule has 0 heterocycles. The normalized spacial score (nSPS) is 11.2. The van der Waals surface area contributed by atoms with Gasteiger partial charge in [0.25, 0.3) is 0 Å². The molecular formula is C13H22N2O. The van der Waals surface area contributed by atoms with Gasteiger partial charge in [0, 0.05) is 29.0 Å². The van der Waals surface area contributed by atoms with Crippen LogP contribution >= 0.6 is 0 Å². The van der Waals surface area contributed by atoms with Crippen molar-refractivity contribution in [1.82, 2.24) is 0 Å². The van der Waals surface area contributed by atoms with Gasteiger partial charge in [0.1, 0.15) is 5.75 Å². The third-order valence-electron chi connectivity index (χ3n) is 2.52. The van der Waals surface area contributed by atoms with Crippen LogP contribution in [0.25, 0.3) is 0 Å². The Balaban J connectivity index is 2.84. The fourth-order valence-electron chi connectivity index (χ4n) is 1.89. The second-order valence-electron chi connectivity index (χ2n) is 4.75. The molecule has 0 aliphatic heterocycles. The predicted octanol–water partition coefficient (Wildman–Crippen LogP) is 3.27. The number of rotatable bonds is 5. The molecule has 0 bridgehead atoms. The fraction of sp³-hybridized carbons (Fsp3) is 0.538. The SMILES string of the molecule is CCCC(C)(C)Nc1cc(N)cc(OC)c1. The van der Waals surface area contributed by atoms with E-state index in [0.29, 0.717) is 5.69 Å². The predicted molar refractivity (Wildman–Crippen MR) is 70.0 cm³/mol. The number of nitrogens with two attached hydrogens (primary N) is 1. The fourth-order valence-corrected chi connectivity index (χ4v) is 1.89. The van der Waals surface area contributed by atoms with Crippen molar-refractivity contribution in [1.29, 1.82) is 0 Å². The van der Waals surface area contributed by atoms with Crippen LogP contribution in [0.4, 0.5) is 11.4 Å². The zero-order chi connectivity index (χ0) is 12.2. The average molecular weight is 222 g/mol. The van der Waals surface area contributed by atoms with E-state index in [1.807, 2.05) is 18.2 Å². The molecule has 1 aromatic carbocycles. The van der Waals surface area contributed by atoms with E-state index in [2.05, 4.69) is 26.1 Å². The van der Waals surface area contributed by atoms with Crippen molar-refractivity contribution in [3.05, 3.63) is 18.2 Å². The van der Waals surface area contributed by atoms with Crippen LogP contribution in [0.3, 0.4) is 0 Å². The van der Waals surface area contributed by atoms with Gasteiger partial charge in [-0.2, -0.15) is 0 Å². The van der Waals surface area contributed by atoms with Crippen molar-refractivity contribution in [2.45, 2.75) is 39.2 Å². The lowest BCUT2D eigenvalue weighted by Crippen LogP contribution is -2.30. The molecule has 0 aliphatic carbocycles. The third kappa shape index (κ3) is 3.65. The van der Waals surface area contributed by atoms with Crippen molar-refractivity contribution in [3.8, 4) is 5.75 Å². The van der Waals surface area contributed by atoms with E-state index < -0.39 is 0 Å². The van der Waals surface area contributed by atoms with Gasteiger partial charge in [-0.1, -0.05) is 13.3 Å². The van der Waals surface area contributed by atoms with Gasteiger partial charge in [0.2, 0.25) is 0 Å². The van der Waals surface area contributed by atoms with Crippen LogP contribution in [0, 0.1) is 0 Å². The first kappa shape index (κ1) is 12.7. The molecule has 0 unspecified atom stereocenters. The summed E-state index contributed by atoms with van der Waals surface area (Å²) in [5.41, 5.74) is 7.61. The summed E-state index contributed by atoms with van der Waals surface area (Å²) in [5.74, 6) is 0.787. The smallest absolute Gasteiger partial charge is 0.122 e. The number of ether oxygens (including phenoxy) is 1. The van der Waals surface area contributed by atoms with Gasteiger partial charge in [0.05, 0.1) is 7.11 Å². The maximum absolute atomic E-state index is 5.81. The highest BCUT2D eigenvalue weighted by molar-refractivity contribution is 5.60. The Hall–Kier alpha value is -1.38. The van der Waals surface area contributed by atoms with Crippen molar-refractivity contribution < 1.29 is 4.74 Å². The Morgan fingerprint density at radius 2 is 2.00 bits per heavy atom. The van der Waals surface area contributed by atoms with Crippen LogP contribution < -0.4 is 15.8 Å². The number of benzene rings is 1. The van der Waals surface area contributed by atoms with Crippen LogP contribution in [-0.2, 0) is 0 Å². The summed E-state index contributed by atoms with van der Waals surface area (Å²) in [5, 5.41) is 3.47. The second kappa shape index (κ2) is 5.10. The lowest BCUT2D eigenvalue weighted by molar-refractivity contribution is 0.415. The molecule has 1 rings (SSSR count). The Morgan fingerprint density at radius 1 is 1.31 bits per heavy atom. The Kier molecular flexibility index (Phi) is 4.05. The Labute approximate surface area is 98.0 Å². The van der Waals surface area contributed by atoms with Crippen LogP contribution in [0.5, 0.6) is 5.75 Å². The molecular weight excluding hydrogens is 200 g/mol. The number of nitrogens with one attached hydrogen (secondary N) is 1. The van der Waals surface area contributed by atoms with Crippen LogP contribution in [0.1, 0.15) is 33.6 Å². The molecule has 0 aromatic heterocycles. The number of methoxy groups -OCH3 is 1. The van der Waals surface area contributed by atoms with Crippen molar-refractivity contribution in [3.63, 3.8) is 0 Å². The number of hydrogen-bond donors (Lipinski definition) is 2. The molecule has 90 valence electrons. The van der Waals surface area contributed by atoms with E-state index in [4.69, 9.17) is 10.5 Å². The minimum absolute atomic E-state index is 0.0769. The van der Waals surface area contributed by atoms with Crippen LogP contribution in [0.2, 0.25) is 0 Å². The lowest BCUT2D eigenvalue weighted by atomic mass is 9.98. The minimum atomic E-state index is 0.0769. The van der Waals surface area contributed by atoms with Crippen LogP contribution in [0.15, 0.2) is 18.2 Å². The maximum atomic E-state index is 5.81. The molecule has 0 saturated heterocycles. The highest BCUT2D eigenvalue weighted by Gasteiger charge is 2.16. The first-order chi connectivity index (χ1) is 7.46. The summed E-state index contributed by atoms with van der Waals surface area (Å²) in [4.78, 5) is 0. The van der Waals surface area contributed by atoms with Gasteiger partial charge in [-0.3, -0.25) is 0 Å². The second-order valence-corrected chi connectivity index (χ2v) is 4.75. The van der Waals surface area contributed by atoms with Gasteiger partial charge in [-0.25, -0.2) is 0 Å². The number of anilines is 2. The van der Waals surface area contributed by atoms with Gasteiger partial charge in [-0.05, 0) is 26.3 Å².